The zero-order valence-corrected chi connectivity index (χ0v) is 8.64. The quantitative estimate of drug-likeness (QED) is 0.778. The molecule has 3 nitrogen and oxygen atoms in total. The number of aliphatic hydroxyl groups is 1. The summed E-state index contributed by atoms with van der Waals surface area (Å²) in [6.07, 6.45) is -3.87. The van der Waals surface area contributed by atoms with Crippen LogP contribution in [0.5, 0.6) is 0 Å². The van der Waals surface area contributed by atoms with E-state index in [9.17, 15) is 18.3 Å². The smallest absolute Gasteiger partial charge is 0.380 e. The number of aromatic nitrogens is 1. The zero-order valence-electron chi connectivity index (χ0n) is 7.88. The Morgan fingerprint density at radius 1 is 1.44 bits per heavy atom. The highest BCUT2D eigenvalue weighted by molar-refractivity contribution is 6.30. The van der Waals surface area contributed by atoms with Crippen LogP contribution in [-0.2, 0) is 16.5 Å². The maximum absolute atomic E-state index is 12.4. The van der Waals surface area contributed by atoms with E-state index in [1.165, 1.54) is 0 Å². The molecule has 0 spiro atoms. The summed E-state index contributed by atoms with van der Waals surface area (Å²) in [6, 6.07) is 0.803. The SMILES string of the molecule is OC1(c2cc(C(F)(F)F)cnc2Cl)COC1. The van der Waals surface area contributed by atoms with E-state index in [2.05, 4.69) is 4.98 Å². The summed E-state index contributed by atoms with van der Waals surface area (Å²) in [5, 5.41) is 9.70. The van der Waals surface area contributed by atoms with Crippen molar-refractivity contribution in [1.82, 2.24) is 4.98 Å². The summed E-state index contributed by atoms with van der Waals surface area (Å²) < 4.78 is 42.0. The number of rotatable bonds is 1. The van der Waals surface area contributed by atoms with E-state index in [-0.39, 0.29) is 23.9 Å². The highest BCUT2D eigenvalue weighted by Crippen LogP contribution is 2.37. The number of hydrogen-bond donors (Lipinski definition) is 1. The molecule has 1 saturated heterocycles. The van der Waals surface area contributed by atoms with Crippen LogP contribution < -0.4 is 0 Å². The third kappa shape index (κ3) is 1.88. The molecule has 0 saturated carbocycles. The van der Waals surface area contributed by atoms with Gasteiger partial charge in [-0.25, -0.2) is 4.98 Å². The van der Waals surface area contributed by atoms with Gasteiger partial charge in [0.1, 0.15) is 10.8 Å². The van der Waals surface area contributed by atoms with Crippen molar-refractivity contribution < 1.29 is 23.0 Å². The van der Waals surface area contributed by atoms with Crippen molar-refractivity contribution in [3.63, 3.8) is 0 Å². The van der Waals surface area contributed by atoms with Crippen LogP contribution >= 0.6 is 11.6 Å². The fourth-order valence-corrected chi connectivity index (χ4v) is 1.66. The molecule has 2 rings (SSSR count). The van der Waals surface area contributed by atoms with E-state index in [0.717, 1.165) is 6.07 Å². The van der Waals surface area contributed by atoms with Crippen molar-refractivity contribution in [1.29, 1.82) is 0 Å². The summed E-state index contributed by atoms with van der Waals surface area (Å²) >= 11 is 5.65. The lowest BCUT2D eigenvalue weighted by Gasteiger charge is -2.37. The van der Waals surface area contributed by atoms with E-state index in [1.807, 2.05) is 0 Å². The number of halogens is 4. The van der Waals surface area contributed by atoms with E-state index in [4.69, 9.17) is 16.3 Å². The van der Waals surface area contributed by atoms with Gasteiger partial charge in [-0.3, -0.25) is 0 Å². The molecule has 16 heavy (non-hydrogen) atoms. The first-order chi connectivity index (χ1) is 7.33. The Morgan fingerprint density at radius 3 is 2.50 bits per heavy atom. The normalized spacial score (nSPS) is 19.3. The molecule has 0 radical (unpaired) electrons. The summed E-state index contributed by atoms with van der Waals surface area (Å²) in [4.78, 5) is 3.42. The molecule has 1 aliphatic rings. The number of hydrogen-bond acceptors (Lipinski definition) is 3. The predicted octanol–water partition coefficient (Wildman–Crippen LogP) is 1.97. The van der Waals surface area contributed by atoms with Crippen molar-refractivity contribution in [2.24, 2.45) is 0 Å². The van der Waals surface area contributed by atoms with Gasteiger partial charge in [-0.15, -0.1) is 0 Å². The van der Waals surface area contributed by atoms with Gasteiger partial charge in [0.05, 0.1) is 18.8 Å². The van der Waals surface area contributed by atoms with Crippen LogP contribution in [-0.4, -0.2) is 23.3 Å². The van der Waals surface area contributed by atoms with Crippen LogP contribution in [0, 0.1) is 0 Å². The second-order valence-corrected chi connectivity index (χ2v) is 3.94. The number of pyridine rings is 1. The molecule has 0 aromatic carbocycles. The van der Waals surface area contributed by atoms with Crippen LogP contribution in [0.3, 0.4) is 0 Å². The average molecular weight is 254 g/mol. The molecule has 0 bridgehead atoms. The Morgan fingerprint density at radius 2 is 2.06 bits per heavy atom. The zero-order chi connectivity index (χ0) is 12.0. The first-order valence-electron chi connectivity index (χ1n) is 4.36. The molecule has 1 fully saturated rings. The average Bonchev–Trinajstić information content (AvgIpc) is 2.13. The minimum Gasteiger partial charge on any atom is -0.380 e. The minimum atomic E-state index is -4.51. The van der Waals surface area contributed by atoms with Crippen LogP contribution in [0.25, 0.3) is 0 Å². The molecule has 0 aliphatic carbocycles. The lowest BCUT2D eigenvalue weighted by Crippen LogP contribution is -2.47. The molecule has 0 amide bonds. The number of alkyl halides is 3. The summed E-state index contributed by atoms with van der Waals surface area (Å²) in [7, 11) is 0. The molecule has 88 valence electrons. The fourth-order valence-electron chi connectivity index (χ4n) is 1.38. The first kappa shape index (κ1) is 11.6. The van der Waals surface area contributed by atoms with Gasteiger partial charge in [0.15, 0.2) is 0 Å². The number of ether oxygens (including phenoxy) is 1. The van der Waals surface area contributed by atoms with E-state index in [1.54, 1.807) is 0 Å². The van der Waals surface area contributed by atoms with Gasteiger partial charge in [-0.05, 0) is 6.07 Å². The van der Waals surface area contributed by atoms with Gasteiger partial charge in [-0.2, -0.15) is 13.2 Å². The largest absolute Gasteiger partial charge is 0.417 e. The van der Waals surface area contributed by atoms with Gasteiger partial charge in [-0.1, -0.05) is 11.6 Å². The Kier molecular flexibility index (Phi) is 2.60. The lowest BCUT2D eigenvalue weighted by molar-refractivity contribution is -0.185. The monoisotopic (exact) mass is 253 g/mol. The van der Waals surface area contributed by atoms with Crippen LogP contribution in [0.15, 0.2) is 12.3 Å². The summed E-state index contributed by atoms with van der Waals surface area (Å²) in [5.74, 6) is 0. The standard InChI is InChI=1S/C9H7ClF3NO2/c10-7-6(8(15)3-16-4-8)1-5(2-14-7)9(11,12)13/h1-2,15H,3-4H2. The highest BCUT2D eigenvalue weighted by Gasteiger charge is 2.42. The highest BCUT2D eigenvalue weighted by atomic mass is 35.5. The van der Waals surface area contributed by atoms with E-state index < -0.39 is 17.3 Å². The summed E-state index contributed by atoms with van der Waals surface area (Å²) in [5.41, 5.74) is -2.44. The molecule has 1 aromatic heterocycles. The second-order valence-electron chi connectivity index (χ2n) is 3.58. The third-order valence-corrected chi connectivity index (χ3v) is 2.65. The Bertz CT molecular complexity index is 418. The Labute approximate surface area is 93.8 Å². The van der Waals surface area contributed by atoms with Crippen molar-refractivity contribution in [2.45, 2.75) is 11.8 Å². The Balaban J connectivity index is 2.45. The third-order valence-electron chi connectivity index (χ3n) is 2.35. The molecule has 1 aromatic rings. The van der Waals surface area contributed by atoms with Gasteiger partial charge in [0, 0.05) is 11.8 Å². The van der Waals surface area contributed by atoms with Crippen molar-refractivity contribution in [3.05, 3.63) is 28.5 Å². The Hall–Kier alpha value is -0.850. The minimum absolute atomic E-state index is 0.0461. The first-order valence-corrected chi connectivity index (χ1v) is 4.74. The van der Waals surface area contributed by atoms with Crippen LogP contribution in [0.1, 0.15) is 11.1 Å². The topological polar surface area (TPSA) is 42.4 Å². The van der Waals surface area contributed by atoms with E-state index in [0.29, 0.717) is 6.20 Å². The van der Waals surface area contributed by atoms with Crippen molar-refractivity contribution in [2.75, 3.05) is 13.2 Å². The van der Waals surface area contributed by atoms with Gasteiger partial charge >= 0.3 is 6.18 Å². The molecule has 1 N–H and O–H groups in total. The molecule has 0 atom stereocenters. The van der Waals surface area contributed by atoms with Crippen molar-refractivity contribution in [3.8, 4) is 0 Å². The number of nitrogens with zero attached hydrogens (tertiary/aromatic N) is 1. The lowest BCUT2D eigenvalue weighted by atomic mass is 9.92. The van der Waals surface area contributed by atoms with E-state index >= 15 is 0 Å². The predicted molar refractivity (Wildman–Crippen MR) is 49.0 cm³/mol. The maximum atomic E-state index is 12.4. The molecule has 2 heterocycles. The van der Waals surface area contributed by atoms with Gasteiger partial charge in [0.2, 0.25) is 0 Å². The molecule has 1 aliphatic heterocycles. The van der Waals surface area contributed by atoms with Crippen LogP contribution in [0.2, 0.25) is 5.15 Å². The molecular formula is C9H7ClF3NO2. The second kappa shape index (κ2) is 3.58. The van der Waals surface area contributed by atoms with Gasteiger partial charge < -0.3 is 9.84 Å². The fraction of sp³-hybridized carbons (Fsp3) is 0.444. The summed E-state index contributed by atoms with van der Waals surface area (Å²) in [6.45, 7) is -0.147. The van der Waals surface area contributed by atoms with Crippen LogP contribution in [0.4, 0.5) is 13.2 Å². The van der Waals surface area contributed by atoms with Crippen molar-refractivity contribution >= 4 is 11.6 Å². The molecular weight excluding hydrogens is 247 g/mol. The van der Waals surface area contributed by atoms with Gasteiger partial charge in [0.25, 0.3) is 0 Å². The maximum Gasteiger partial charge on any atom is 0.417 e. The molecule has 7 heteroatoms. The molecule has 0 unspecified atom stereocenters.